The van der Waals surface area contributed by atoms with Gasteiger partial charge in [-0.15, -0.1) is 0 Å². The monoisotopic (exact) mass is 379 g/mol. The lowest BCUT2D eigenvalue weighted by Gasteiger charge is -2.12. The summed E-state index contributed by atoms with van der Waals surface area (Å²) in [4.78, 5) is 22.9. The Balaban J connectivity index is 1.89. The lowest BCUT2D eigenvalue weighted by atomic mass is 10.1. The lowest BCUT2D eigenvalue weighted by Crippen LogP contribution is -2.27. The molecule has 6 nitrogen and oxygen atoms in total. The molecular weight excluding hydrogens is 360 g/mol. The maximum Gasteiger partial charge on any atom is 0.387 e. The Morgan fingerprint density at radius 3 is 2.56 bits per heavy atom. The molecule has 0 saturated carbocycles. The Hall–Kier alpha value is -3.16. The topological polar surface area (TPSA) is 84.9 Å². The third kappa shape index (κ3) is 6.25. The van der Waals surface area contributed by atoms with E-state index in [2.05, 4.69) is 10.1 Å². The Morgan fingerprint density at radius 2 is 1.89 bits per heavy atom. The average molecular weight is 379 g/mol. The SMILES string of the molecule is COc1ccc(CCNC(=O)Cc2cccc(C(=O)O)c2)cc1OC(F)F. The highest BCUT2D eigenvalue weighted by Gasteiger charge is 2.12. The summed E-state index contributed by atoms with van der Waals surface area (Å²) in [5.41, 5.74) is 1.40. The van der Waals surface area contributed by atoms with Crippen molar-refractivity contribution in [2.45, 2.75) is 19.5 Å². The molecule has 8 heteroatoms. The fourth-order valence-electron chi connectivity index (χ4n) is 2.47. The van der Waals surface area contributed by atoms with Crippen molar-refractivity contribution in [1.82, 2.24) is 5.32 Å². The van der Waals surface area contributed by atoms with Gasteiger partial charge < -0.3 is 19.9 Å². The maximum atomic E-state index is 12.4. The number of benzene rings is 2. The van der Waals surface area contributed by atoms with Gasteiger partial charge in [-0.05, 0) is 41.8 Å². The number of amides is 1. The van der Waals surface area contributed by atoms with Crippen LogP contribution in [0.5, 0.6) is 11.5 Å². The van der Waals surface area contributed by atoms with E-state index in [9.17, 15) is 18.4 Å². The van der Waals surface area contributed by atoms with Crippen LogP contribution in [0.25, 0.3) is 0 Å². The van der Waals surface area contributed by atoms with Crippen molar-refractivity contribution >= 4 is 11.9 Å². The predicted octanol–water partition coefficient (Wildman–Crippen LogP) is 2.90. The zero-order valence-electron chi connectivity index (χ0n) is 14.6. The summed E-state index contributed by atoms with van der Waals surface area (Å²) in [6, 6.07) is 10.8. The standard InChI is InChI=1S/C19H19F2NO5/c1-26-15-6-5-12(10-16(15)27-19(20)21)7-8-22-17(23)11-13-3-2-4-14(9-13)18(24)25/h2-6,9-10,19H,7-8,11H2,1H3,(H,22,23)(H,24,25). The van der Waals surface area contributed by atoms with Gasteiger partial charge in [0.1, 0.15) is 0 Å². The van der Waals surface area contributed by atoms with Crippen molar-refractivity contribution in [2.24, 2.45) is 0 Å². The summed E-state index contributed by atoms with van der Waals surface area (Å²) in [7, 11) is 1.35. The number of carboxylic acid groups (broad SMARTS) is 1. The first-order valence-electron chi connectivity index (χ1n) is 8.09. The number of methoxy groups -OCH3 is 1. The zero-order valence-corrected chi connectivity index (χ0v) is 14.6. The molecule has 0 bridgehead atoms. The van der Waals surface area contributed by atoms with Gasteiger partial charge in [-0.25, -0.2) is 4.79 Å². The number of aromatic carboxylic acids is 1. The molecule has 0 atom stereocenters. The van der Waals surface area contributed by atoms with Crippen molar-refractivity contribution in [3.05, 3.63) is 59.2 Å². The smallest absolute Gasteiger partial charge is 0.387 e. The molecule has 2 rings (SSSR count). The molecule has 27 heavy (non-hydrogen) atoms. The van der Waals surface area contributed by atoms with Crippen molar-refractivity contribution < 1.29 is 33.0 Å². The number of halogens is 2. The van der Waals surface area contributed by atoms with Crippen LogP contribution in [0.1, 0.15) is 21.5 Å². The fourth-order valence-corrected chi connectivity index (χ4v) is 2.47. The first kappa shape index (κ1) is 20.2. The summed E-state index contributed by atoms with van der Waals surface area (Å²) in [6.07, 6.45) is 0.452. The number of carboxylic acids is 1. The average Bonchev–Trinajstić information content (AvgIpc) is 2.61. The van der Waals surface area contributed by atoms with Crippen LogP contribution >= 0.6 is 0 Å². The van der Waals surface area contributed by atoms with Crippen molar-refractivity contribution in [2.75, 3.05) is 13.7 Å². The molecule has 1 amide bonds. The largest absolute Gasteiger partial charge is 0.493 e. The second-order valence-electron chi connectivity index (χ2n) is 5.65. The number of rotatable bonds is 9. The molecule has 2 N–H and O–H groups in total. The highest BCUT2D eigenvalue weighted by atomic mass is 19.3. The first-order chi connectivity index (χ1) is 12.9. The zero-order chi connectivity index (χ0) is 19.8. The number of nitrogens with one attached hydrogen (secondary N) is 1. The van der Waals surface area contributed by atoms with E-state index in [-0.39, 0.29) is 35.9 Å². The van der Waals surface area contributed by atoms with E-state index < -0.39 is 12.6 Å². The Morgan fingerprint density at radius 1 is 1.11 bits per heavy atom. The van der Waals surface area contributed by atoms with E-state index >= 15 is 0 Å². The molecule has 2 aromatic carbocycles. The van der Waals surface area contributed by atoms with Gasteiger partial charge in [0.2, 0.25) is 5.91 Å². The van der Waals surface area contributed by atoms with Crippen molar-refractivity contribution in [3.8, 4) is 11.5 Å². The molecule has 0 aliphatic heterocycles. The van der Waals surface area contributed by atoms with Gasteiger partial charge in [-0.2, -0.15) is 8.78 Å². The van der Waals surface area contributed by atoms with Crippen LogP contribution in [-0.4, -0.2) is 37.2 Å². The molecule has 2 aromatic rings. The van der Waals surface area contributed by atoms with E-state index in [4.69, 9.17) is 9.84 Å². The van der Waals surface area contributed by atoms with Gasteiger partial charge in [-0.1, -0.05) is 18.2 Å². The minimum atomic E-state index is -2.96. The number of hydrogen-bond donors (Lipinski definition) is 2. The molecule has 0 aliphatic carbocycles. The maximum absolute atomic E-state index is 12.4. The molecule has 0 unspecified atom stereocenters. The van der Waals surface area contributed by atoms with Gasteiger partial charge in [0.05, 0.1) is 19.1 Å². The van der Waals surface area contributed by atoms with E-state index in [1.54, 1.807) is 18.2 Å². The van der Waals surface area contributed by atoms with E-state index in [1.165, 1.54) is 31.4 Å². The lowest BCUT2D eigenvalue weighted by molar-refractivity contribution is -0.120. The van der Waals surface area contributed by atoms with Crippen molar-refractivity contribution in [3.63, 3.8) is 0 Å². The van der Waals surface area contributed by atoms with E-state index in [0.29, 0.717) is 17.5 Å². The molecule has 0 radical (unpaired) electrons. The third-order valence-electron chi connectivity index (χ3n) is 3.72. The van der Waals surface area contributed by atoms with E-state index in [1.807, 2.05) is 0 Å². The Bertz CT molecular complexity index is 810. The number of ether oxygens (including phenoxy) is 2. The van der Waals surface area contributed by atoms with Crippen molar-refractivity contribution in [1.29, 1.82) is 0 Å². The number of alkyl halides is 2. The van der Waals surface area contributed by atoms with E-state index in [0.717, 1.165) is 0 Å². The summed E-state index contributed by atoms with van der Waals surface area (Å²) in [5.74, 6) is -1.20. The first-order valence-corrected chi connectivity index (χ1v) is 8.09. The van der Waals surface area contributed by atoms with Crippen LogP contribution in [0.15, 0.2) is 42.5 Å². The molecule has 0 spiro atoms. The summed E-state index contributed by atoms with van der Waals surface area (Å²) >= 11 is 0. The molecular formula is C19H19F2NO5. The highest BCUT2D eigenvalue weighted by molar-refractivity contribution is 5.88. The van der Waals surface area contributed by atoms with Gasteiger partial charge in [0.15, 0.2) is 11.5 Å². The minimum absolute atomic E-state index is 0.0451. The molecule has 0 heterocycles. The normalized spacial score (nSPS) is 10.5. The molecule has 0 aromatic heterocycles. The van der Waals surface area contributed by atoms with Gasteiger partial charge in [-0.3, -0.25) is 4.79 Å². The fraction of sp³-hybridized carbons (Fsp3) is 0.263. The second-order valence-corrected chi connectivity index (χ2v) is 5.65. The second kappa shape index (κ2) is 9.51. The van der Waals surface area contributed by atoms with Crippen LogP contribution in [0.3, 0.4) is 0 Å². The van der Waals surface area contributed by atoms with Gasteiger partial charge in [0, 0.05) is 6.54 Å². The van der Waals surface area contributed by atoms with Crippen LogP contribution in [-0.2, 0) is 17.6 Å². The summed E-state index contributed by atoms with van der Waals surface area (Å²) in [5, 5.41) is 11.7. The number of hydrogen-bond acceptors (Lipinski definition) is 4. The van der Waals surface area contributed by atoms with Gasteiger partial charge >= 0.3 is 12.6 Å². The third-order valence-corrected chi connectivity index (χ3v) is 3.72. The molecule has 0 fully saturated rings. The summed E-state index contributed by atoms with van der Waals surface area (Å²) < 4.78 is 34.3. The molecule has 144 valence electrons. The highest BCUT2D eigenvalue weighted by Crippen LogP contribution is 2.29. The molecule has 0 aliphatic rings. The number of carbonyl (C=O) groups is 2. The number of carbonyl (C=O) groups excluding carboxylic acids is 1. The van der Waals surface area contributed by atoms with Crippen LogP contribution in [0.4, 0.5) is 8.78 Å². The van der Waals surface area contributed by atoms with Gasteiger partial charge in [0.25, 0.3) is 0 Å². The van der Waals surface area contributed by atoms with Crippen LogP contribution in [0, 0.1) is 0 Å². The Labute approximate surface area is 154 Å². The Kier molecular flexibility index (Phi) is 7.10. The summed E-state index contributed by atoms with van der Waals surface area (Å²) in [6.45, 7) is -2.67. The quantitative estimate of drug-likeness (QED) is 0.700. The van der Waals surface area contributed by atoms with Crippen LogP contribution < -0.4 is 14.8 Å². The minimum Gasteiger partial charge on any atom is -0.493 e. The predicted molar refractivity (Wildman–Crippen MR) is 93.4 cm³/mol. The van der Waals surface area contributed by atoms with Crippen LogP contribution in [0.2, 0.25) is 0 Å². The molecule has 0 saturated heterocycles.